The number of carbonyl (C=O) groups is 2. The molecule has 1 aromatic carbocycles. The van der Waals surface area contributed by atoms with Crippen molar-refractivity contribution in [1.82, 2.24) is 0 Å². The minimum Gasteiger partial charge on any atom is -0.299 e. The van der Waals surface area contributed by atoms with Crippen LogP contribution in [0.4, 0.5) is 0 Å². The first-order chi connectivity index (χ1) is 7.18. The van der Waals surface area contributed by atoms with Gasteiger partial charge in [-0.2, -0.15) is 0 Å². The maximum absolute atomic E-state index is 11.6. The van der Waals surface area contributed by atoms with Crippen LogP contribution in [0, 0.1) is 5.92 Å². The third kappa shape index (κ3) is 1.99. The van der Waals surface area contributed by atoms with Crippen molar-refractivity contribution in [2.24, 2.45) is 5.92 Å². The lowest BCUT2D eigenvalue weighted by Gasteiger charge is -2.27. The summed E-state index contributed by atoms with van der Waals surface area (Å²) >= 11 is 0. The van der Waals surface area contributed by atoms with Crippen molar-refractivity contribution in [3.8, 4) is 0 Å². The first kappa shape index (κ1) is 10.1. The molecule has 2 nitrogen and oxygen atoms in total. The van der Waals surface area contributed by atoms with Crippen LogP contribution < -0.4 is 0 Å². The van der Waals surface area contributed by atoms with Crippen LogP contribution in [0.15, 0.2) is 30.3 Å². The largest absolute Gasteiger partial charge is 0.299 e. The zero-order valence-electron chi connectivity index (χ0n) is 8.77. The molecule has 0 saturated heterocycles. The molecule has 0 heterocycles. The molecule has 0 spiro atoms. The van der Waals surface area contributed by atoms with E-state index in [1.165, 1.54) is 0 Å². The lowest BCUT2D eigenvalue weighted by atomic mass is 9.75. The van der Waals surface area contributed by atoms with E-state index in [-0.39, 0.29) is 29.8 Å². The standard InChI is InChI=1S/C13H14O2/c1-9-12(7-11(14)8-13(9)15)10-5-3-2-4-6-10/h2-6,9,12H,7-8H2,1H3/t9-,12?/m0/s1. The van der Waals surface area contributed by atoms with Crippen LogP contribution in [0.3, 0.4) is 0 Å². The van der Waals surface area contributed by atoms with E-state index in [1.807, 2.05) is 37.3 Å². The number of Topliss-reactive ketones (excluding diaryl/α,β-unsaturated/α-hetero) is 2. The smallest absolute Gasteiger partial charge is 0.143 e. The van der Waals surface area contributed by atoms with Gasteiger partial charge in [-0.25, -0.2) is 0 Å². The van der Waals surface area contributed by atoms with Crippen molar-refractivity contribution < 1.29 is 9.59 Å². The molecule has 1 fully saturated rings. The van der Waals surface area contributed by atoms with E-state index in [0.717, 1.165) is 5.56 Å². The Morgan fingerprint density at radius 1 is 1.13 bits per heavy atom. The van der Waals surface area contributed by atoms with Crippen LogP contribution in [-0.4, -0.2) is 11.6 Å². The fraction of sp³-hybridized carbons (Fsp3) is 0.385. The Morgan fingerprint density at radius 2 is 1.80 bits per heavy atom. The number of benzene rings is 1. The third-order valence-corrected chi connectivity index (χ3v) is 3.16. The second kappa shape index (κ2) is 3.97. The molecule has 1 unspecified atom stereocenters. The average Bonchev–Trinajstić information content (AvgIpc) is 2.24. The van der Waals surface area contributed by atoms with Gasteiger partial charge in [0.25, 0.3) is 0 Å². The maximum atomic E-state index is 11.6. The number of ketones is 2. The number of rotatable bonds is 1. The first-order valence-electron chi connectivity index (χ1n) is 5.28. The third-order valence-electron chi connectivity index (χ3n) is 3.16. The van der Waals surface area contributed by atoms with Crippen molar-refractivity contribution in [3.63, 3.8) is 0 Å². The van der Waals surface area contributed by atoms with Gasteiger partial charge in [-0.05, 0) is 5.56 Å². The Balaban J connectivity index is 2.28. The van der Waals surface area contributed by atoms with Gasteiger partial charge in [-0.3, -0.25) is 9.59 Å². The SMILES string of the molecule is C[C@@H]1C(=O)CC(=O)CC1c1ccccc1. The highest BCUT2D eigenvalue weighted by Crippen LogP contribution is 2.33. The molecule has 2 rings (SSSR count). The topological polar surface area (TPSA) is 34.1 Å². The summed E-state index contributed by atoms with van der Waals surface area (Å²) in [6.45, 7) is 1.92. The molecule has 1 saturated carbocycles. The molecular weight excluding hydrogens is 188 g/mol. The first-order valence-corrected chi connectivity index (χ1v) is 5.28. The molecule has 0 aliphatic heterocycles. The van der Waals surface area contributed by atoms with Crippen LogP contribution in [0.5, 0.6) is 0 Å². The molecule has 1 aromatic rings. The molecule has 15 heavy (non-hydrogen) atoms. The summed E-state index contributed by atoms with van der Waals surface area (Å²) < 4.78 is 0. The second-order valence-electron chi connectivity index (χ2n) is 4.19. The fourth-order valence-corrected chi connectivity index (χ4v) is 2.18. The Morgan fingerprint density at radius 3 is 2.47 bits per heavy atom. The van der Waals surface area contributed by atoms with Gasteiger partial charge in [0.2, 0.25) is 0 Å². The van der Waals surface area contributed by atoms with Crippen LogP contribution in [0.2, 0.25) is 0 Å². The van der Waals surface area contributed by atoms with Crippen molar-refractivity contribution in [3.05, 3.63) is 35.9 Å². The minimum absolute atomic E-state index is 0.0231. The van der Waals surface area contributed by atoms with Crippen LogP contribution >= 0.6 is 0 Å². The van der Waals surface area contributed by atoms with E-state index in [1.54, 1.807) is 0 Å². The Hall–Kier alpha value is -1.44. The van der Waals surface area contributed by atoms with Crippen LogP contribution in [0.1, 0.15) is 31.2 Å². The lowest BCUT2D eigenvalue weighted by molar-refractivity contribution is -0.133. The van der Waals surface area contributed by atoms with Gasteiger partial charge in [0.05, 0.1) is 6.42 Å². The van der Waals surface area contributed by atoms with Gasteiger partial charge >= 0.3 is 0 Å². The number of hydrogen-bond acceptors (Lipinski definition) is 2. The van der Waals surface area contributed by atoms with Gasteiger partial charge in [-0.1, -0.05) is 37.3 Å². The molecule has 1 aliphatic carbocycles. The second-order valence-corrected chi connectivity index (χ2v) is 4.19. The summed E-state index contributed by atoms with van der Waals surface area (Å²) in [6, 6.07) is 9.83. The number of carbonyl (C=O) groups excluding carboxylic acids is 2. The Kier molecular flexibility index (Phi) is 2.67. The van der Waals surface area contributed by atoms with Gasteiger partial charge in [-0.15, -0.1) is 0 Å². The predicted octanol–water partition coefficient (Wildman–Crippen LogP) is 2.34. The van der Waals surface area contributed by atoms with Crippen molar-refractivity contribution in [1.29, 1.82) is 0 Å². The highest BCUT2D eigenvalue weighted by molar-refractivity contribution is 6.03. The predicted molar refractivity (Wildman–Crippen MR) is 57.6 cm³/mol. The van der Waals surface area contributed by atoms with Gasteiger partial charge in [0.15, 0.2) is 0 Å². The fourth-order valence-electron chi connectivity index (χ4n) is 2.18. The van der Waals surface area contributed by atoms with Gasteiger partial charge < -0.3 is 0 Å². The van der Waals surface area contributed by atoms with E-state index in [2.05, 4.69) is 0 Å². The van der Waals surface area contributed by atoms with Crippen LogP contribution in [0.25, 0.3) is 0 Å². The van der Waals surface area contributed by atoms with Gasteiger partial charge in [0, 0.05) is 18.3 Å². The summed E-state index contributed by atoms with van der Waals surface area (Å²) in [6.07, 6.45) is 0.640. The summed E-state index contributed by atoms with van der Waals surface area (Å²) in [7, 11) is 0. The molecule has 0 aromatic heterocycles. The van der Waals surface area contributed by atoms with Crippen LogP contribution in [-0.2, 0) is 9.59 Å². The Labute approximate surface area is 89.3 Å². The molecule has 0 radical (unpaired) electrons. The van der Waals surface area contributed by atoms with E-state index in [4.69, 9.17) is 0 Å². The van der Waals surface area contributed by atoms with Crippen molar-refractivity contribution >= 4 is 11.6 Å². The normalized spacial score (nSPS) is 26.7. The van der Waals surface area contributed by atoms with E-state index >= 15 is 0 Å². The van der Waals surface area contributed by atoms with Crippen molar-refractivity contribution in [2.45, 2.75) is 25.7 Å². The molecule has 1 aliphatic rings. The molecule has 0 amide bonds. The van der Waals surface area contributed by atoms with Crippen molar-refractivity contribution in [2.75, 3.05) is 0 Å². The summed E-state index contributed by atoms with van der Waals surface area (Å²) in [5, 5.41) is 0. The quantitative estimate of drug-likeness (QED) is 0.655. The minimum atomic E-state index is -0.0231. The maximum Gasteiger partial charge on any atom is 0.143 e. The van der Waals surface area contributed by atoms with E-state index in [0.29, 0.717) is 6.42 Å². The Bertz CT molecular complexity index is 381. The monoisotopic (exact) mass is 202 g/mol. The molecule has 0 N–H and O–H groups in total. The summed E-state index contributed by atoms with van der Waals surface area (Å²) in [5.41, 5.74) is 1.10. The van der Waals surface area contributed by atoms with E-state index < -0.39 is 0 Å². The zero-order chi connectivity index (χ0) is 10.8. The average molecular weight is 202 g/mol. The summed E-state index contributed by atoms with van der Waals surface area (Å²) in [5.74, 6) is 0.220. The highest BCUT2D eigenvalue weighted by Gasteiger charge is 2.33. The lowest BCUT2D eigenvalue weighted by Crippen LogP contribution is -2.29. The molecular formula is C13H14O2. The zero-order valence-corrected chi connectivity index (χ0v) is 8.77. The molecule has 0 bridgehead atoms. The molecule has 2 atom stereocenters. The highest BCUT2D eigenvalue weighted by atomic mass is 16.1. The molecule has 2 heteroatoms. The molecule has 78 valence electrons. The van der Waals surface area contributed by atoms with E-state index in [9.17, 15) is 9.59 Å². The number of hydrogen-bond donors (Lipinski definition) is 0. The van der Waals surface area contributed by atoms with Gasteiger partial charge in [0.1, 0.15) is 11.6 Å². The summed E-state index contributed by atoms with van der Waals surface area (Å²) in [4.78, 5) is 22.9.